The lowest BCUT2D eigenvalue weighted by Crippen LogP contribution is -2.28. The van der Waals surface area contributed by atoms with Crippen molar-refractivity contribution in [3.63, 3.8) is 0 Å². The molecule has 0 spiro atoms. The van der Waals surface area contributed by atoms with Gasteiger partial charge >= 0.3 is 6.01 Å². The second kappa shape index (κ2) is 7.20. The molecule has 1 saturated heterocycles. The van der Waals surface area contributed by atoms with E-state index in [0.29, 0.717) is 12.2 Å². The summed E-state index contributed by atoms with van der Waals surface area (Å²) in [6, 6.07) is 7.40. The molecule has 1 N–H and O–H groups in total. The minimum absolute atomic E-state index is 0.00555. The molecule has 1 unspecified atom stereocenters. The van der Waals surface area contributed by atoms with Gasteiger partial charge < -0.3 is 9.32 Å². The molecule has 0 radical (unpaired) electrons. The van der Waals surface area contributed by atoms with Crippen molar-refractivity contribution in [2.75, 3.05) is 16.8 Å². The first kappa shape index (κ1) is 17.8. The highest BCUT2D eigenvalue weighted by atomic mass is 79.9. The molecule has 0 bridgehead atoms. The van der Waals surface area contributed by atoms with E-state index in [1.807, 2.05) is 31.2 Å². The van der Waals surface area contributed by atoms with Crippen LogP contribution >= 0.6 is 27.3 Å². The largest absolute Gasteiger partial charge is 0.401 e. The third-order valence-corrected chi connectivity index (χ3v) is 5.38. The zero-order valence-electron chi connectivity index (χ0n) is 14.2. The van der Waals surface area contributed by atoms with Gasteiger partial charge in [-0.1, -0.05) is 27.1 Å². The topological polar surface area (TPSA) is 101 Å². The standard InChI is InChI=1S/C17H14BrN5O3S/c1-9-19-13(8-27-9)16-21-22-17(26-16)20-15(25)10-5-14(24)23(7-10)12-4-2-3-11(18)6-12/h2-4,6,8,10H,5,7H2,1H3,(H,20,22,25). The number of aryl methyl sites for hydroxylation is 1. The Balaban J connectivity index is 1.43. The van der Waals surface area contributed by atoms with E-state index in [1.54, 1.807) is 10.3 Å². The molecule has 1 atom stereocenters. The molecule has 0 saturated carbocycles. The number of anilines is 2. The second-order valence-electron chi connectivity index (χ2n) is 6.04. The summed E-state index contributed by atoms with van der Waals surface area (Å²) in [5.74, 6) is -0.677. The number of hydrogen-bond donors (Lipinski definition) is 1. The van der Waals surface area contributed by atoms with Crippen molar-refractivity contribution in [2.24, 2.45) is 5.92 Å². The summed E-state index contributed by atoms with van der Waals surface area (Å²) in [5.41, 5.74) is 1.33. The number of nitrogens with one attached hydrogen (secondary N) is 1. The van der Waals surface area contributed by atoms with Gasteiger partial charge in [0.15, 0.2) is 0 Å². The summed E-state index contributed by atoms with van der Waals surface area (Å²) >= 11 is 4.86. The molecule has 27 heavy (non-hydrogen) atoms. The number of aromatic nitrogens is 3. The van der Waals surface area contributed by atoms with E-state index in [2.05, 4.69) is 36.4 Å². The fourth-order valence-electron chi connectivity index (χ4n) is 2.82. The molecular weight excluding hydrogens is 434 g/mol. The number of carbonyl (C=O) groups is 2. The van der Waals surface area contributed by atoms with E-state index in [4.69, 9.17) is 4.42 Å². The molecule has 8 nitrogen and oxygen atoms in total. The van der Waals surface area contributed by atoms with E-state index >= 15 is 0 Å². The average molecular weight is 448 g/mol. The molecule has 138 valence electrons. The van der Waals surface area contributed by atoms with Gasteiger partial charge in [-0.15, -0.1) is 16.4 Å². The van der Waals surface area contributed by atoms with Crippen LogP contribution in [-0.4, -0.2) is 33.5 Å². The van der Waals surface area contributed by atoms with Crippen LogP contribution in [0, 0.1) is 12.8 Å². The summed E-state index contributed by atoms with van der Waals surface area (Å²) < 4.78 is 6.32. The van der Waals surface area contributed by atoms with Gasteiger partial charge in [0.1, 0.15) is 5.69 Å². The summed E-state index contributed by atoms with van der Waals surface area (Å²) in [6.07, 6.45) is 0.130. The van der Waals surface area contributed by atoms with Crippen LogP contribution in [0.3, 0.4) is 0 Å². The number of halogens is 1. The normalized spacial score (nSPS) is 16.7. The lowest BCUT2D eigenvalue weighted by molar-refractivity contribution is -0.122. The number of carbonyl (C=O) groups excluding carboxylic acids is 2. The quantitative estimate of drug-likeness (QED) is 0.658. The SMILES string of the molecule is Cc1nc(-c2nnc(NC(=O)C3CC(=O)N(c4cccc(Br)c4)C3)o2)cs1. The van der Waals surface area contributed by atoms with Crippen LogP contribution in [-0.2, 0) is 9.59 Å². The van der Waals surface area contributed by atoms with Crippen LogP contribution in [0.25, 0.3) is 11.6 Å². The molecule has 4 rings (SSSR count). The molecule has 1 fully saturated rings. The Bertz CT molecular complexity index is 1020. The number of amides is 2. The maximum absolute atomic E-state index is 12.5. The Morgan fingerprint density at radius 2 is 2.26 bits per heavy atom. The summed E-state index contributed by atoms with van der Waals surface area (Å²) in [7, 11) is 0. The van der Waals surface area contributed by atoms with Gasteiger partial charge in [-0.25, -0.2) is 4.98 Å². The number of rotatable bonds is 4. The van der Waals surface area contributed by atoms with Crippen LogP contribution in [0.2, 0.25) is 0 Å². The van der Waals surface area contributed by atoms with Gasteiger partial charge in [-0.3, -0.25) is 14.9 Å². The van der Waals surface area contributed by atoms with Crippen molar-refractivity contribution in [2.45, 2.75) is 13.3 Å². The zero-order valence-corrected chi connectivity index (χ0v) is 16.6. The Morgan fingerprint density at radius 3 is 3.00 bits per heavy atom. The Labute approximate surface area is 166 Å². The van der Waals surface area contributed by atoms with E-state index in [-0.39, 0.29) is 30.1 Å². The van der Waals surface area contributed by atoms with Crippen LogP contribution in [0.1, 0.15) is 11.4 Å². The summed E-state index contributed by atoms with van der Waals surface area (Å²) in [4.78, 5) is 30.7. The Kier molecular flexibility index (Phi) is 4.75. The number of nitrogens with zero attached hydrogens (tertiary/aromatic N) is 4. The van der Waals surface area contributed by atoms with Crippen LogP contribution in [0.15, 0.2) is 38.5 Å². The molecule has 2 amide bonds. The van der Waals surface area contributed by atoms with Gasteiger partial charge in [-0.2, -0.15) is 0 Å². The van der Waals surface area contributed by atoms with E-state index in [9.17, 15) is 9.59 Å². The molecule has 3 heterocycles. The second-order valence-corrected chi connectivity index (χ2v) is 8.02. The highest BCUT2D eigenvalue weighted by Crippen LogP contribution is 2.28. The van der Waals surface area contributed by atoms with Crippen molar-refractivity contribution in [1.82, 2.24) is 15.2 Å². The average Bonchev–Trinajstić information content (AvgIpc) is 3.35. The van der Waals surface area contributed by atoms with Gasteiger partial charge in [0.25, 0.3) is 5.89 Å². The lowest BCUT2D eigenvalue weighted by Gasteiger charge is -2.16. The first-order valence-electron chi connectivity index (χ1n) is 8.12. The highest BCUT2D eigenvalue weighted by Gasteiger charge is 2.35. The zero-order chi connectivity index (χ0) is 19.0. The van der Waals surface area contributed by atoms with Gasteiger partial charge in [0.2, 0.25) is 11.8 Å². The number of benzene rings is 1. The molecular formula is C17H14BrN5O3S. The first-order chi connectivity index (χ1) is 13.0. The minimum atomic E-state index is -0.492. The number of hydrogen-bond acceptors (Lipinski definition) is 7. The van der Waals surface area contributed by atoms with Crippen molar-refractivity contribution in [3.8, 4) is 11.6 Å². The molecule has 1 aromatic carbocycles. The maximum atomic E-state index is 12.5. The fourth-order valence-corrected chi connectivity index (χ4v) is 3.80. The smallest absolute Gasteiger partial charge is 0.322 e. The van der Waals surface area contributed by atoms with Crippen molar-refractivity contribution in [1.29, 1.82) is 0 Å². The third-order valence-electron chi connectivity index (χ3n) is 4.11. The monoisotopic (exact) mass is 447 g/mol. The Morgan fingerprint density at radius 1 is 1.41 bits per heavy atom. The van der Waals surface area contributed by atoms with Gasteiger partial charge in [0.05, 0.1) is 10.9 Å². The molecule has 0 aliphatic carbocycles. The van der Waals surface area contributed by atoms with Crippen LogP contribution in [0.4, 0.5) is 11.7 Å². The van der Waals surface area contributed by atoms with E-state index in [1.165, 1.54) is 11.3 Å². The van der Waals surface area contributed by atoms with Crippen molar-refractivity contribution in [3.05, 3.63) is 39.1 Å². The maximum Gasteiger partial charge on any atom is 0.322 e. The van der Waals surface area contributed by atoms with Crippen LogP contribution in [0.5, 0.6) is 0 Å². The summed E-state index contributed by atoms with van der Waals surface area (Å²) in [5, 5.41) is 13.0. The van der Waals surface area contributed by atoms with Gasteiger partial charge in [0, 0.05) is 28.5 Å². The predicted molar refractivity (Wildman–Crippen MR) is 103 cm³/mol. The fraction of sp³-hybridized carbons (Fsp3) is 0.235. The molecule has 1 aliphatic heterocycles. The number of thiazole rings is 1. The van der Waals surface area contributed by atoms with Crippen molar-refractivity contribution >= 4 is 50.8 Å². The molecule has 3 aromatic rings. The van der Waals surface area contributed by atoms with Gasteiger partial charge in [-0.05, 0) is 25.1 Å². The van der Waals surface area contributed by atoms with Crippen molar-refractivity contribution < 1.29 is 14.0 Å². The minimum Gasteiger partial charge on any atom is -0.401 e. The van der Waals surface area contributed by atoms with E-state index in [0.717, 1.165) is 15.2 Å². The van der Waals surface area contributed by atoms with Crippen LogP contribution < -0.4 is 10.2 Å². The lowest BCUT2D eigenvalue weighted by atomic mass is 10.1. The predicted octanol–water partition coefficient (Wildman–Crippen LogP) is 3.26. The Hall–Kier alpha value is -2.59. The van der Waals surface area contributed by atoms with E-state index < -0.39 is 5.92 Å². The molecule has 1 aliphatic rings. The third kappa shape index (κ3) is 3.76. The molecule has 2 aromatic heterocycles. The highest BCUT2D eigenvalue weighted by molar-refractivity contribution is 9.10. The summed E-state index contributed by atoms with van der Waals surface area (Å²) in [6.45, 7) is 2.18. The molecule has 10 heteroatoms. The first-order valence-corrected chi connectivity index (χ1v) is 9.79.